The fourth-order valence-corrected chi connectivity index (χ4v) is 0.867. The van der Waals surface area contributed by atoms with E-state index in [0.29, 0.717) is 12.0 Å². The van der Waals surface area contributed by atoms with E-state index in [1.54, 1.807) is 0 Å². The summed E-state index contributed by atoms with van der Waals surface area (Å²) >= 11 is 0. The van der Waals surface area contributed by atoms with Gasteiger partial charge in [0.1, 0.15) is 0 Å². The summed E-state index contributed by atoms with van der Waals surface area (Å²) in [7, 11) is 1.37. The lowest BCUT2D eigenvalue weighted by Crippen LogP contribution is -2.05. The molecular weight excluding hydrogens is 132 g/mol. The molecule has 0 saturated heterocycles. The Morgan fingerprint density at radius 2 is 2.60 bits per heavy atom. The fourth-order valence-electron chi connectivity index (χ4n) is 0.867. The van der Waals surface area contributed by atoms with Crippen LogP contribution in [-0.4, -0.2) is 19.2 Å². The predicted octanol–water partition coefficient (Wildman–Crippen LogP) is 0.852. The summed E-state index contributed by atoms with van der Waals surface area (Å²) in [5.74, 6) is -0.288. The van der Waals surface area contributed by atoms with Gasteiger partial charge < -0.3 is 9.47 Å². The lowest BCUT2D eigenvalue weighted by molar-refractivity contribution is -0.136. The quantitative estimate of drug-likeness (QED) is 0.509. The zero-order valence-corrected chi connectivity index (χ0v) is 6.09. The van der Waals surface area contributed by atoms with Crippen LogP contribution in [0, 0.1) is 0 Å². The van der Waals surface area contributed by atoms with Gasteiger partial charge in [-0.15, -0.1) is 0 Å². The minimum atomic E-state index is -0.288. The van der Waals surface area contributed by atoms with Crippen LogP contribution >= 0.6 is 0 Å². The highest BCUT2D eigenvalue weighted by Gasteiger charge is 2.19. The summed E-state index contributed by atoms with van der Waals surface area (Å²) in [5.41, 5.74) is 0.620. The largest absolute Gasteiger partial charge is 0.497 e. The van der Waals surface area contributed by atoms with E-state index in [4.69, 9.17) is 4.74 Å². The van der Waals surface area contributed by atoms with E-state index in [1.807, 2.05) is 6.92 Å². The van der Waals surface area contributed by atoms with Crippen LogP contribution in [0.3, 0.4) is 0 Å². The van der Waals surface area contributed by atoms with Gasteiger partial charge >= 0.3 is 5.97 Å². The maximum absolute atomic E-state index is 10.8. The molecule has 0 saturated carbocycles. The van der Waals surface area contributed by atoms with E-state index in [9.17, 15) is 4.79 Å². The monoisotopic (exact) mass is 142 g/mol. The molecule has 0 aromatic heterocycles. The van der Waals surface area contributed by atoms with E-state index in [-0.39, 0.29) is 12.1 Å². The molecule has 1 heterocycles. The number of rotatable bonds is 1. The third kappa shape index (κ3) is 1.29. The van der Waals surface area contributed by atoms with Gasteiger partial charge in [-0.3, -0.25) is 0 Å². The molecule has 0 aromatic carbocycles. The molecule has 0 bridgehead atoms. The number of esters is 1. The van der Waals surface area contributed by atoms with Gasteiger partial charge in [0.05, 0.1) is 25.0 Å². The van der Waals surface area contributed by atoms with Crippen molar-refractivity contribution in [1.82, 2.24) is 0 Å². The van der Waals surface area contributed by atoms with Gasteiger partial charge in [0.2, 0.25) is 0 Å². The molecule has 1 rings (SSSR count). The molecule has 0 amide bonds. The summed E-state index contributed by atoms with van der Waals surface area (Å²) in [6.45, 7) is 1.91. The van der Waals surface area contributed by atoms with Crippen molar-refractivity contribution >= 4 is 5.97 Å². The van der Waals surface area contributed by atoms with Crippen molar-refractivity contribution in [3.8, 4) is 0 Å². The molecule has 56 valence electrons. The van der Waals surface area contributed by atoms with Crippen LogP contribution in [0.15, 0.2) is 11.8 Å². The highest BCUT2D eigenvalue weighted by molar-refractivity contribution is 5.88. The van der Waals surface area contributed by atoms with E-state index in [0.717, 1.165) is 0 Å². The lowest BCUT2D eigenvalue weighted by Gasteiger charge is -1.99. The number of methoxy groups -OCH3 is 1. The average Bonchev–Trinajstić information content (AvgIpc) is 2.34. The Balaban J connectivity index is 2.51. The summed E-state index contributed by atoms with van der Waals surface area (Å²) < 4.78 is 9.52. The number of ether oxygens (including phenoxy) is 2. The summed E-state index contributed by atoms with van der Waals surface area (Å²) in [6, 6.07) is 0. The summed E-state index contributed by atoms with van der Waals surface area (Å²) in [5, 5.41) is 0. The summed E-state index contributed by atoms with van der Waals surface area (Å²) in [6.07, 6.45) is 2.25. The predicted molar refractivity (Wildman–Crippen MR) is 35.3 cm³/mol. The van der Waals surface area contributed by atoms with Crippen molar-refractivity contribution in [3.05, 3.63) is 11.8 Å². The summed E-state index contributed by atoms with van der Waals surface area (Å²) in [4.78, 5) is 10.8. The van der Waals surface area contributed by atoms with Crippen molar-refractivity contribution in [3.63, 3.8) is 0 Å². The van der Waals surface area contributed by atoms with Crippen LogP contribution in [0.5, 0.6) is 0 Å². The smallest absolute Gasteiger partial charge is 0.336 e. The van der Waals surface area contributed by atoms with Crippen LogP contribution in [-0.2, 0) is 14.3 Å². The molecule has 3 nitrogen and oxygen atoms in total. The van der Waals surface area contributed by atoms with E-state index in [1.165, 1.54) is 13.4 Å². The third-order valence-corrected chi connectivity index (χ3v) is 1.40. The van der Waals surface area contributed by atoms with Crippen LogP contribution in [0.25, 0.3) is 0 Å². The Labute approximate surface area is 59.6 Å². The first-order valence-corrected chi connectivity index (χ1v) is 3.17. The van der Waals surface area contributed by atoms with Crippen molar-refractivity contribution < 1.29 is 14.3 Å². The van der Waals surface area contributed by atoms with Crippen molar-refractivity contribution in [2.24, 2.45) is 0 Å². The minimum absolute atomic E-state index is 0.120. The van der Waals surface area contributed by atoms with Crippen LogP contribution in [0.1, 0.15) is 13.3 Å². The van der Waals surface area contributed by atoms with Gasteiger partial charge in [0.15, 0.2) is 0 Å². The van der Waals surface area contributed by atoms with Gasteiger partial charge in [-0.25, -0.2) is 4.79 Å². The van der Waals surface area contributed by atoms with Crippen molar-refractivity contribution in [2.45, 2.75) is 19.4 Å². The Kier molecular flexibility index (Phi) is 1.94. The van der Waals surface area contributed by atoms with Gasteiger partial charge in [-0.05, 0) is 6.92 Å². The number of hydrogen-bond acceptors (Lipinski definition) is 3. The Bertz CT molecular complexity index is 172. The first-order valence-electron chi connectivity index (χ1n) is 3.17. The molecule has 0 unspecified atom stereocenters. The van der Waals surface area contributed by atoms with E-state index in [2.05, 4.69) is 4.74 Å². The van der Waals surface area contributed by atoms with Crippen LogP contribution < -0.4 is 0 Å². The van der Waals surface area contributed by atoms with Crippen molar-refractivity contribution in [1.29, 1.82) is 0 Å². The third-order valence-electron chi connectivity index (χ3n) is 1.40. The van der Waals surface area contributed by atoms with Crippen molar-refractivity contribution in [2.75, 3.05) is 7.11 Å². The highest BCUT2D eigenvalue weighted by atomic mass is 16.5. The molecule has 0 radical (unpaired) electrons. The van der Waals surface area contributed by atoms with Gasteiger partial charge in [0.25, 0.3) is 0 Å². The normalized spacial score (nSPS) is 23.4. The first-order chi connectivity index (χ1) is 4.74. The second kappa shape index (κ2) is 2.73. The molecule has 1 aliphatic heterocycles. The molecular formula is C7H10O3. The number of carbonyl (C=O) groups is 1. The first kappa shape index (κ1) is 7.12. The molecule has 0 spiro atoms. The number of hydrogen-bond donors (Lipinski definition) is 0. The maximum atomic E-state index is 10.8. The average molecular weight is 142 g/mol. The van der Waals surface area contributed by atoms with Gasteiger partial charge in [-0.2, -0.15) is 0 Å². The minimum Gasteiger partial charge on any atom is -0.497 e. The zero-order chi connectivity index (χ0) is 7.56. The Morgan fingerprint density at radius 1 is 1.90 bits per heavy atom. The SMILES string of the molecule is COC(=O)C1=CO[C@@H](C)C1. The molecule has 10 heavy (non-hydrogen) atoms. The lowest BCUT2D eigenvalue weighted by atomic mass is 10.2. The second-order valence-corrected chi connectivity index (χ2v) is 2.29. The standard InChI is InChI=1S/C7H10O3/c1-5-3-6(4-10-5)7(8)9-2/h4-5H,3H2,1-2H3/t5-/m0/s1. The molecule has 0 aliphatic carbocycles. The van der Waals surface area contributed by atoms with E-state index < -0.39 is 0 Å². The van der Waals surface area contributed by atoms with Gasteiger partial charge in [-0.1, -0.05) is 0 Å². The van der Waals surface area contributed by atoms with Crippen LogP contribution in [0.4, 0.5) is 0 Å². The Morgan fingerprint density at radius 3 is 3.00 bits per heavy atom. The zero-order valence-electron chi connectivity index (χ0n) is 6.09. The van der Waals surface area contributed by atoms with E-state index >= 15 is 0 Å². The Hall–Kier alpha value is -0.990. The fraction of sp³-hybridized carbons (Fsp3) is 0.571. The van der Waals surface area contributed by atoms with Gasteiger partial charge in [0, 0.05) is 6.42 Å². The molecule has 1 aliphatic rings. The second-order valence-electron chi connectivity index (χ2n) is 2.29. The molecule has 0 N–H and O–H groups in total. The topological polar surface area (TPSA) is 35.5 Å². The highest BCUT2D eigenvalue weighted by Crippen LogP contribution is 2.17. The molecule has 0 fully saturated rings. The maximum Gasteiger partial charge on any atom is 0.336 e. The molecule has 0 aromatic rings. The van der Waals surface area contributed by atoms with Crippen LogP contribution in [0.2, 0.25) is 0 Å². The molecule has 1 atom stereocenters. The number of carbonyl (C=O) groups excluding carboxylic acids is 1. The molecule has 3 heteroatoms.